The van der Waals surface area contributed by atoms with E-state index < -0.39 is 0 Å². The second kappa shape index (κ2) is 6.45. The fourth-order valence-corrected chi connectivity index (χ4v) is 2.00. The first-order valence-corrected chi connectivity index (χ1v) is 6.49. The summed E-state index contributed by atoms with van der Waals surface area (Å²) >= 11 is 6.16. The minimum Gasteiger partial charge on any atom is -0.497 e. The van der Waals surface area contributed by atoms with Crippen molar-refractivity contribution in [3.8, 4) is 5.75 Å². The maximum absolute atomic E-state index is 6.16. The first kappa shape index (κ1) is 14.4. The van der Waals surface area contributed by atoms with E-state index in [1.165, 1.54) is 0 Å². The summed E-state index contributed by atoms with van der Waals surface area (Å²) < 4.78 is 5.22. The van der Waals surface area contributed by atoms with Crippen molar-refractivity contribution < 1.29 is 4.74 Å². The van der Waals surface area contributed by atoms with Crippen LogP contribution in [0.15, 0.2) is 36.4 Å². The topological polar surface area (TPSA) is 63.4 Å². The monoisotopic (exact) mass is 292 g/mol. The molecule has 20 heavy (non-hydrogen) atoms. The van der Waals surface area contributed by atoms with E-state index >= 15 is 0 Å². The zero-order chi connectivity index (χ0) is 14.5. The van der Waals surface area contributed by atoms with Crippen LogP contribution in [0, 0.1) is 0 Å². The minimum atomic E-state index is 0.571. The number of aromatic nitrogens is 1. The highest BCUT2D eigenvalue weighted by molar-refractivity contribution is 6.31. The number of methoxy groups -OCH3 is 1. The lowest BCUT2D eigenvalue weighted by atomic mass is 10.2. The molecule has 0 aliphatic heterocycles. The molecule has 0 saturated heterocycles. The largest absolute Gasteiger partial charge is 0.497 e. The summed E-state index contributed by atoms with van der Waals surface area (Å²) in [6.45, 7) is 0.571. The van der Waals surface area contributed by atoms with Crippen LogP contribution in [0.4, 0.5) is 11.5 Å². The summed E-state index contributed by atoms with van der Waals surface area (Å²) in [5.74, 6) is 6.76. The van der Waals surface area contributed by atoms with Gasteiger partial charge in [0, 0.05) is 18.8 Å². The van der Waals surface area contributed by atoms with Crippen LogP contribution in [-0.2, 0) is 6.54 Å². The first-order chi connectivity index (χ1) is 9.63. The standard InChI is InChI=1S/C14H17ClN4O/c1-19(10-4-3-5-11(8-10)20-2)9-13-12(15)6-7-14(17-13)18-16/h3-8H,9,16H2,1-2H3,(H,17,18). The van der Waals surface area contributed by atoms with Crippen LogP contribution < -0.4 is 20.9 Å². The predicted octanol–water partition coefficient (Wildman–Crippen LogP) is 2.67. The Balaban J connectivity index is 2.20. The third kappa shape index (κ3) is 3.31. The van der Waals surface area contributed by atoms with E-state index in [0.717, 1.165) is 17.1 Å². The van der Waals surface area contributed by atoms with Gasteiger partial charge in [0.15, 0.2) is 0 Å². The molecule has 3 N–H and O–H groups in total. The van der Waals surface area contributed by atoms with Gasteiger partial charge < -0.3 is 15.1 Å². The van der Waals surface area contributed by atoms with Gasteiger partial charge in [0.1, 0.15) is 11.6 Å². The summed E-state index contributed by atoms with van der Waals surface area (Å²) in [6.07, 6.45) is 0. The van der Waals surface area contributed by atoms with Gasteiger partial charge in [-0.1, -0.05) is 17.7 Å². The SMILES string of the molecule is COc1cccc(N(C)Cc2nc(NN)ccc2Cl)c1. The molecule has 0 aliphatic rings. The van der Waals surface area contributed by atoms with Crippen molar-refractivity contribution in [2.24, 2.45) is 5.84 Å². The summed E-state index contributed by atoms with van der Waals surface area (Å²) in [6, 6.07) is 11.3. The number of nitrogens with two attached hydrogens (primary N) is 1. The minimum absolute atomic E-state index is 0.571. The van der Waals surface area contributed by atoms with Gasteiger partial charge in [-0.3, -0.25) is 0 Å². The number of nitrogens with zero attached hydrogens (tertiary/aromatic N) is 2. The fraction of sp³-hybridized carbons (Fsp3) is 0.214. The van der Waals surface area contributed by atoms with Gasteiger partial charge in [-0.15, -0.1) is 0 Å². The van der Waals surface area contributed by atoms with E-state index in [1.807, 2.05) is 36.2 Å². The Labute approximate surface area is 123 Å². The molecule has 106 valence electrons. The molecule has 1 aromatic carbocycles. The highest BCUT2D eigenvalue weighted by Crippen LogP contribution is 2.23. The Morgan fingerprint density at radius 3 is 2.85 bits per heavy atom. The average molecular weight is 293 g/mol. The summed E-state index contributed by atoms with van der Waals surface area (Å²) in [5, 5.41) is 0.610. The van der Waals surface area contributed by atoms with Gasteiger partial charge in [-0.2, -0.15) is 0 Å². The number of hydrogen-bond donors (Lipinski definition) is 2. The zero-order valence-electron chi connectivity index (χ0n) is 11.4. The average Bonchev–Trinajstić information content (AvgIpc) is 2.49. The number of hydrogen-bond acceptors (Lipinski definition) is 5. The van der Waals surface area contributed by atoms with Crippen LogP contribution >= 0.6 is 11.6 Å². The van der Waals surface area contributed by atoms with Crippen molar-refractivity contribution in [1.82, 2.24) is 4.98 Å². The van der Waals surface area contributed by atoms with Crippen LogP contribution in [0.3, 0.4) is 0 Å². The van der Waals surface area contributed by atoms with Crippen molar-refractivity contribution in [3.05, 3.63) is 47.1 Å². The van der Waals surface area contributed by atoms with Crippen molar-refractivity contribution in [2.75, 3.05) is 24.5 Å². The molecule has 0 aliphatic carbocycles. The quantitative estimate of drug-likeness (QED) is 0.655. The lowest BCUT2D eigenvalue weighted by Gasteiger charge is -2.20. The lowest BCUT2D eigenvalue weighted by Crippen LogP contribution is -2.18. The molecular weight excluding hydrogens is 276 g/mol. The Kier molecular flexibility index (Phi) is 4.65. The van der Waals surface area contributed by atoms with Gasteiger partial charge in [0.05, 0.1) is 24.4 Å². The van der Waals surface area contributed by atoms with E-state index in [2.05, 4.69) is 10.4 Å². The first-order valence-electron chi connectivity index (χ1n) is 6.11. The lowest BCUT2D eigenvalue weighted by molar-refractivity contribution is 0.415. The van der Waals surface area contributed by atoms with Gasteiger partial charge in [-0.25, -0.2) is 10.8 Å². The summed E-state index contributed by atoms with van der Waals surface area (Å²) in [5.41, 5.74) is 4.30. The Bertz CT molecular complexity index is 591. The van der Waals surface area contributed by atoms with Gasteiger partial charge in [0.25, 0.3) is 0 Å². The van der Waals surface area contributed by atoms with E-state index in [9.17, 15) is 0 Å². The van der Waals surface area contributed by atoms with Gasteiger partial charge in [-0.05, 0) is 24.3 Å². The van der Waals surface area contributed by atoms with Crippen molar-refractivity contribution in [2.45, 2.75) is 6.54 Å². The van der Waals surface area contributed by atoms with E-state index in [4.69, 9.17) is 22.2 Å². The highest BCUT2D eigenvalue weighted by atomic mass is 35.5. The van der Waals surface area contributed by atoms with E-state index in [-0.39, 0.29) is 0 Å². The number of benzene rings is 1. The molecule has 0 fully saturated rings. The number of rotatable bonds is 5. The predicted molar refractivity (Wildman–Crippen MR) is 82.2 cm³/mol. The normalized spacial score (nSPS) is 10.2. The Morgan fingerprint density at radius 2 is 2.15 bits per heavy atom. The molecule has 2 aromatic rings. The summed E-state index contributed by atoms with van der Waals surface area (Å²) in [4.78, 5) is 6.40. The molecule has 0 bridgehead atoms. The molecule has 0 spiro atoms. The molecule has 1 heterocycles. The van der Waals surface area contributed by atoms with Gasteiger partial charge >= 0.3 is 0 Å². The van der Waals surface area contributed by atoms with E-state index in [1.54, 1.807) is 19.2 Å². The highest BCUT2D eigenvalue weighted by Gasteiger charge is 2.09. The molecule has 0 unspecified atom stereocenters. The zero-order valence-corrected chi connectivity index (χ0v) is 12.2. The number of hydrazine groups is 1. The smallest absolute Gasteiger partial charge is 0.140 e. The number of nitrogens with one attached hydrogen (secondary N) is 1. The number of pyridine rings is 1. The number of ether oxygens (including phenoxy) is 1. The van der Waals surface area contributed by atoms with Gasteiger partial charge in [0.2, 0.25) is 0 Å². The number of nitrogen functional groups attached to an aromatic ring is 1. The third-order valence-corrected chi connectivity index (χ3v) is 3.29. The molecule has 0 radical (unpaired) electrons. The maximum atomic E-state index is 6.16. The number of anilines is 2. The molecule has 6 heteroatoms. The molecule has 0 amide bonds. The fourth-order valence-electron chi connectivity index (χ4n) is 1.84. The van der Waals surface area contributed by atoms with Crippen LogP contribution in [-0.4, -0.2) is 19.1 Å². The molecular formula is C14H17ClN4O. The number of halogens is 1. The van der Waals surface area contributed by atoms with Crippen molar-refractivity contribution in [1.29, 1.82) is 0 Å². The van der Waals surface area contributed by atoms with Crippen LogP contribution in [0.25, 0.3) is 0 Å². The molecule has 2 rings (SSSR count). The molecule has 0 saturated carbocycles. The Morgan fingerprint density at radius 1 is 1.35 bits per heavy atom. The second-order valence-electron chi connectivity index (χ2n) is 4.33. The Hall–Kier alpha value is -1.98. The third-order valence-electron chi connectivity index (χ3n) is 2.95. The van der Waals surface area contributed by atoms with Crippen LogP contribution in [0.5, 0.6) is 5.75 Å². The maximum Gasteiger partial charge on any atom is 0.140 e. The molecule has 5 nitrogen and oxygen atoms in total. The van der Waals surface area contributed by atoms with Crippen molar-refractivity contribution in [3.63, 3.8) is 0 Å². The second-order valence-corrected chi connectivity index (χ2v) is 4.73. The summed E-state index contributed by atoms with van der Waals surface area (Å²) in [7, 11) is 3.61. The van der Waals surface area contributed by atoms with Crippen LogP contribution in [0.1, 0.15) is 5.69 Å². The van der Waals surface area contributed by atoms with E-state index in [0.29, 0.717) is 17.4 Å². The van der Waals surface area contributed by atoms with Crippen molar-refractivity contribution >= 4 is 23.1 Å². The molecule has 0 atom stereocenters. The molecule has 1 aromatic heterocycles. The van der Waals surface area contributed by atoms with Crippen LogP contribution in [0.2, 0.25) is 5.02 Å².